The van der Waals surface area contributed by atoms with Gasteiger partial charge in [-0.2, -0.15) is 0 Å². The molecule has 0 amide bonds. The standard InChI is InChI=1S/C12H23NO/c1-11(2,3)13-5-4-12(9-13)6-10(7-12)8-14/h10,14H,4-9H2,1-3H3. The summed E-state index contributed by atoms with van der Waals surface area (Å²) in [6.45, 7) is 9.81. The predicted molar refractivity (Wildman–Crippen MR) is 58.2 cm³/mol. The average molecular weight is 197 g/mol. The Kier molecular flexibility index (Phi) is 2.39. The zero-order chi connectivity index (χ0) is 10.4. The van der Waals surface area contributed by atoms with Crippen LogP contribution in [0, 0.1) is 11.3 Å². The Balaban J connectivity index is 1.90. The Labute approximate surface area is 87.3 Å². The third-order valence-electron chi connectivity index (χ3n) is 4.09. The number of nitrogens with zero attached hydrogens (tertiary/aromatic N) is 1. The minimum absolute atomic E-state index is 0.327. The lowest BCUT2D eigenvalue weighted by molar-refractivity contribution is 0.0152. The molecule has 82 valence electrons. The highest BCUT2D eigenvalue weighted by atomic mass is 16.3. The number of rotatable bonds is 1. The van der Waals surface area contributed by atoms with Gasteiger partial charge in [-0.1, -0.05) is 0 Å². The highest BCUT2D eigenvalue weighted by Crippen LogP contribution is 2.52. The lowest BCUT2D eigenvalue weighted by Crippen LogP contribution is -2.45. The first-order valence-corrected chi connectivity index (χ1v) is 5.81. The van der Waals surface area contributed by atoms with Gasteiger partial charge in [-0.15, -0.1) is 0 Å². The van der Waals surface area contributed by atoms with Crippen LogP contribution in [0.4, 0.5) is 0 Å². The van der Waals surface area contributed by atoms with Crippen molar-refractivity contribution >= 4 is 0 Å². The topological polar surface area (TPSA) is 23.5 Å². The van der Waals surface area contributed by atoms with Crippen molar-refractivity contribution in [3.63, 3.8) is 0 Å². The van der Waals surface area contributed by atoms with Gasteiger partial charge in [-0.3, -0.25) is 4.90 Å². The molecule has 14 heavy (non-hydrogen) atoms. The second kappa shape index (κ2) is 3.21. The summed E-state index contributed by atoms with van der Waals surface area (Å²) in [7, 11) is 0. The van der Waals surface area contributed by atoms with E-state index in [0.29, 0.717) is 23.5 Å². The first kappa shape index (κ1) is 10.4. The molecule has 2 fully saturated rings. The molecule has 1 spiro atoms. The monoisotopic (exact) mass is 197 g/mol. The number of aliphatic hydroxyl groups excluding tert-OH is 1. The van der Waals surface area contributed by atoms with Crippen LogP contribution < -0.4 is 0 Å². The summed E-state index contributed by atoms with van der Waals surface area (Å²) in [5, 5.41) is 9.04. The van der Waals surface area contributed by atoms with Crippen molar-refractivity contribution in [1.29, 1.82) is 0 Å². The summed E-state index contributed by atoms with van der Waals surface area (Å²) in [5.41, 5.74) is 0.911. The molecule has 2 aliphatic rings. The van der Waals surface area contributed by atoms with Gasteiger partial charge in [0, 0.05) is 18.7 Å². The van der Waals surface area contributed by atoms with Crippen molar-refractivity contribution in [2.45, 2.75) is 45.6 Å². The van der Waals surface area contributed by atoms with Crippen molar-refractivity contribution in [2.24, 2.45) is 11.3 Å². The molecule has 1 saturated heterocycles. The Morgan fingerprint density at radius 2 is 2.00 bits per heavy atom. The predicted octanol–water partition coefficient (Wildman–Crippen LogP) is 1.88. The van der Waals surface area contributed by atoms with E-state index in [1.807, 2.05) is 0 Å². The average Bonchev–Trinajstić information content (AvgIpc) is 2.43. The Morgan fingerprint density at radius 3 is 2.43 bits per heavy atom. The molecule has 2 rings (SSSR count). The van der Waals surface area contributed by atoms with Crippen LogP contribution in [0.2, 0.25) is 0 Å². The molecule has 2 nitrogen and oxygen atoms in total. The van der Waals surface area contributed by atoms with Crippen molar-refractivity contribution in [3.05, 3.63) is 0 Å². The van der Waals surface area contributed by atoms with Gasteiger partial charge in [0.25, 0.3) is 0 Å². The minimum Gasteiger partial charge on any atom is -0.396 e. The van der Waals surface area contributed by atoms with Crippen LogP contribution in [0.15, 0.2) is 0 Å². The molecule has 0 aromatic rings. The fraction of sp³-hybridized carbons (Fsp3) is 1.00. The molecule has 0 aromatic heterocycles. The van der Waals surface area contributed by atoms with E-state index in [-0.39, 0.29) is 0 Å². The molecule has 0 atom stereocenters. The molecular weight excluding hydrogens is 174 g/mol. The number of hydrogen-bond acceptors (Lipinski definition) is 2. The molecular formula is C12H23NO. The summed E-state index contributed by atoms with van der Waals surface area (Å²) < 4.78 is 0. The fourth-order valence-electron chi connectivity index (χ4n) is 3.13. The van der Waals surface area contributed by atoms with Crippen LogP contribution in [-0.2, 0) is 0 Å². The Morgan fingerprint density at radius 1 is 1.36 bits per heavy atom. The van der Waals surface area contributed by atoms with Crippen LogP contribution in [0.25, 0.3) is 0 Å². The van der Waals surface area contributed by atoms with E-state index in [2.05, 4.69) is 25.7 Å². The van der Waals surface area contributed by atoms with Gasteiger partial charge in [0.1, 0.15) is 0 Å². The SMILES string of the molecule is CC(C)(C)N1CCC2(CC(CO)C2)C1. The van der Waals surface area contributed by atoms with Gasteiger partial charge < -0.3 is 5.11 Å². The number of aliphatic hydroxyl groups is 1. The van der Waals surface area contributed by atoms with E-state index in [0.717, 1.165) is 0 Å². The molecule has 1 saturated carbocycles. The van der Waals surface area contributed by atoms with Crippen LogP contribution in [0.1, 0.15) is 40.0 Å². The summed E-state index contributed by atoms with van der Waals surface area (Å²) in [6.07, 6.45) is 3.87. The second-order valence-electron chi connectivity index (χ2n) is 6.30. The van der Waals surface area contributed by atoms with Gasteiger partial charge in [0.05, 0.1) is 0 Å². The fourth-order valence-corrected chi connectivity index (χ4v) is 3.13. The molecule has 1 aliphatic heterocycles. The molecule has 0 aromatic carbocycles. The maximum absolute atomic E-state index is 9.04. The molecule has 1 heterocycles. The minimum atomic E-state index is 0.327. The Bertz CT molecular complexity index is 213. The molecule has 2 heteroatoms. The molecule has 0 unspecified atom stereocenters. The van der Waals surface area contributed by atoms with Crippen LogP contribution in [0.5, 0.6) is 0 Å². The van der Waals surface area contributed by atoms with Crippen molar-refractivity contribution < 1.29 is 5.11 Å². The highest BCUT2D eigenvalue weighted by molar-refractivity contribution is 5.01. The summed E-state index contributed by atoms with van der Waals surface area (Å²) in [6, 6.07) is 0. The van der Waals surface area contributed by atoms with Crippen molar-refractivity contribution in [2.75, 3.05) is 19.7 Å². The van der Waals surface area contributed by atoms with Crippen molar-refractivity contribution in [1.82, 2.24) is 4.90 Å². The van der Waals surface area contributed by atoms with E-state index < -0.39 is 0 Å². The molecule has 0 radical (unpaired) electrons. The van der Waals surface area contributed by atoms with Gasteiger partial charge >= 0.3 is 0 Å². The van der Waals surface area contributed by atoms with Crippen molar-refractivity contribution in [3.8, 4) is 0 Å². The maximum Gasteiger partial charge on any atom is 0.0459 e. The smallest absolute Gasteiger partial charge is 0.0459 e. The van der Waals surface area contributed by atoms with Crippen LogP contribution in [-0.4, -0.2) is 35.2 Å². The van der Waals surface area contributed by atoms with E-state index in [9.17, 15) is 0 Å². The normalized spacial score (nSPS) is 39.0. The van der Waals surface area contributed by atoms with E-state index in [1.54, 1.807) is 0 Å². The molecule has 1 N–H and O–H groups in total. The summed E-state index contributed by atoms with van der Waals surface area (Å²) in [4.78, 5) is 2.60. The molecule has 1 aliphatic carbocycles. The van der Waals surface area contributed by atoms with Gasteiger partial charge in [0.2, 0.25) is 0 Å². The van der Waals surface area contributed by atoms with Crippen LogP contribution in [0.3, 0.4) is 0 Å². The Hall–Kier alpha value is -0.0800. The lowest BCUT2D eigenvalue weighted by Gasteiger charge is -2.45. The van der Waals surface area contributed by atoms with Crippen LogP contribution >= 0.6 is 0 Å². The van der Waals surface area contributed by atoms with Gasteiger partial charge in [-0.05, 0) is 57.9 Å². The first-order chi connectivity index (χ1) is 6.45. The zero-order valence-corrected chi connectivity index (χ0v) is 9.71. The second-order valence-corrected chi connectivity index (χ2v) is 6.30. The highest BCUT2D eigenvalue weighted by Gasteiger charge is 2.49. The third kappa shape index (κ3) is 1.70. The summed E-state index contributed by atoms with van der Waals surface area (Å²) >= 11 is 0. The summed E-state index contributed by atoms with van der Waals surface area (Å²) in [5.74, 6) is 0.606. The van der Waals surface area contributed by atoms with Gasteiger partial charge in [-0.25, -0.2) is 0 Å². The third-order valence-corrected chi connectivity index (χ3v) is 4.09. The zero-order valence-electron chi connectivity index (χ0n) is 9.71. The van der Waals surface area contributed by atoms with E-state index >= 15 is 0 Å². The van der Waals surface area contributed by atoms with E-state index in [1.165, 1.54) is 32.4 Å². The largest absolute Gasteiger partial charge is 0.396 e. The number of likely N-dealkylation sites (tertiary alicyclic amines) is 1. The van der Waals surface area contributed by atoms with Gasteiger partial charge in [0.15, 0.2) is 0 Å². The first-order valence-electron chi connectivity index (χ1n) is 5.81. The molecule has 0 bridgehead atoms. The quantitative estimate of drug-likeness (QED) is 0.694. The lowest BCUT2D eigenvalue weighted by atomic mass is 9.62. The maximum atomic E-state index is 9.04. The number of hydrogen-bond donors (Lipinski definition) is 1. The van der Waals surface area contributed by atoms with E-state index in [4.69, 9.17) is 5.11 Å².